The first-order chi connectivity index (χ1) is 13.2. The van der Waals surface area contributed by atoms with Gasteiger partial charge in [0.2, 0.25) is 0 Å². The van der Waals surface area contributed by atoms with Crippen LogP contribution in [0.1, 0.15) is 5.56 Å². The Labute approximate surface area is 160 Å². The number of anilines is 1. The fourth-order valence-corrected chi connectivity index (χ4v) is 3.37. The van der Waals surface area contributed by atoms with Gasteiger partial charge in [-0.25, -0.2) is 9.97 Å². The molecule has 6 heteroatoms. The van der Waals surface area contributed by atoms with Crippen LogP contribution in [-0.4, -0.2) is 25.8 Å². The van der Waals surface area contributed by atoms with Gasteiger partial charge < -0.3 is 9.87 Å². The second-order valence-electron chi connectivity index (χ2n) is 6.11. The first kappa shape index (κ1) is 17.5. The molecule has 0 aliphatic carbocycles. The second kappa shape index (κ2) is 7.73. The lowest BCUT2D eigenvalue weighted by Gasteiger charge is -2.12. The third kappa shape index (κ3) is 3.92. The van der Waals surface area contributed by atoms with Gasteiger partial charge in [-0.3, -0.25) is 4.98 Å². The standard InChI is InChI=1S/C21H18N4OS/c1-27(26)17-9-10-19-18(12-17)21(23-13-15-6-3-2-4-7-15)25-20(24-19)16-8-5-11-22-14-16/h2-12,14H,13H2,1H3,(H,23,24,25). The highest BCUT2D eigenvalue weighted by molar-refractivity contribution is 7.90. The van der Waals surface area contributed by atoms with Crippen LogP contribution in [0.15, 0.2) is 78.0 Å². The first-order valence-corrected chi connectivity index (χ1v) is 10.1. The van der Waals surface area contributed by atoms with Crippen molar-refractivity contribution in [2.45, 2.75) is 11.4 Å². The summed E-state index contributed by atoms with van der Waals surface area (Å²) < 4.78 is 11.9. The summed E-state index contributed by atoms with van der Waals surface area (Å²) in [5.41, 5.74) is 2.81. The summed E-state index contributed by atoms with van der Waals surface area (Å²) >= 11 is -1.07. The van der Waals surface area contributed by atoms with E-state index >= 15 is 0 Å². The molecule has 0 bridgehead atoms. The van der Waals surface area contributed by atoms with Gasteiger partial charge in [0, 0.05) is 36.0 Å². The zero-order valence-electron chi connectivity index (χ0n) is 14.8. The van der Waals surface area contributed by atoms with Crippen LogP contribution < -0.4 is 5.32 Å². The van der Waals surface area contributed by atoms with Crippen molar-refractivity contribution in [1.82, 2.24) is 15.0 Å². The summed E-state index contributed by atoms with van der Waals surface area (Å²) in [6.45, 7) is 0.638. The van der Waals surface area contributed by atoms with E-state index in [0.29, 0.717) is 12.4 Å². The Bertz CT molecular complexity index is 1060. The van der Waals surface area contributed by atoms with Gasteiger partial charge in [-0.15, -0.1) is 0 Å². The molecule has 1 atom stereocenters. The molecule has 0 aliphatic heterocycles. The van der Waals surface area contributed by atoms with Crippen molar-refractivity contribution < 1.29 is 4.55 Å². The van der Waals surface area contributed by atoms with Crippen LogP contribution in [0.5, 0.6) is 0 Å². The molecule has 2 heterocycles. The average molecular weight is 374 g/mol. The van der Waals surface area contributed by atoms with Gasteiger partial charge in [-0.05, 0) is 41.0 Å². The topological polar surface area (TPSA) is 73.8 Å². The molecule has 2 aromatic heterocycles. The molecular weight excluding hydrogens is 356 g/mol. The SMILES string of the molecule is C[S+]([O-])c1ccc2nc(-c3cccnc3)nc(NCc3ccccc3)c2c1. The smallest absolute Gasteiger partial charge is 0.163 e. The molecule has 134 valence electrons. The number of aromatic nitrogens is 3. The molecule has 0 saturated carbocycles. The third-order valence-corrected chi connectivity index (χ3v) is 5.14. The van der Waals surface area contributed by atoms with Crippen LogP contribution in [0.4, 0.5) is 5.82 Å². The maximum Gasteiger partial charge on any atom is 0.163 e. The molecule has 0 fully saturated rings. The number of rotatable bonds is 5. The summed E-state index contributed by atoms with van der Waals surface area (Å²) in [5, 5.41) is 4.26. The highest BCUT2D eigenvalue weighted by atomic mass is 32.2. The third-order valence-electron chi connectivity index (χ3n) is 4.22. The Hall–Kier alpha value is -2.96. The lowest BCUT2D eigenvalue weighted by atomic mass is 10.2. The Kier molecular flexibility index (Phi) is 5.00. The number of fused-ring (bicyclic) bond motifs is 1. The molecule has 0 amide bonds. The molecular formula is C21H18N4OS. The summed E-state index contributed by atoms with van der Waals surface area (Å²) in [4.78, 5) is 14.3. The molecule has 2 aromatic carbocycles. The largest absolute Gasteiger partial charge is 0.612 e. The zero-order valence-corrected chi connectivity index (χ0v) is 15.6. The predicted octanol–water partition coefficient (Wildman–Crippen LogP) is 4.04. The van der Waals surface area contributed by atoms with Crippen molar-refractivity contribution in [3.63, 3.8) is 0 Å². The highest BCUT2D eigenvalue weighted by Gasteiger charge is 2.13. The van der Waals surface area contributed by atoms with E-state index in [1.807, 2.05) is 48.5 Å². The van der Waals surface area contributed by atoms with Gasteiger partial charge in [0.25, 0.3) is 0 Å². The number of nitrogens with one attached hydrogen (secondary N) is 1. The van der Waals surface area contributed by atoms with Crippen molar-refractivity contribution in [3.05, 3.63) is 78.6 Å². The molecule has 1 unspecified atom stereocenters. The molecule has 4 aromatic rings. The zero-order chi connectivity index (χ0) is 18.6. The Morgan fingerprint density at radius 1 is 1.00 bits per heavy atom. The van der Waals surface area contributed by atoms with Crippen LogP contribution in [-0.2, 0) is 17.7 Å². The second-order valence-corrected chi connectivity index (χ2v) is 7.49. The minimum atomic E-state index is -1.07. The average Bonchev–Trinajstić information content (AvgIpc) is 2.72. The van der Waals surface area contributed by atoms with Crippen molar-refractivity contribution in [2.75, 3.05) is 11.6 Å². The lowest BCUT2D eigenvalue weighted by molar-refractivity contribution is 0.601. The van der Waals surface area contributed by atoms with Gasteiger partial charge in [0.05, 0.1) is 5.52 Å². The van der Waals surface area contributed by atoms with E-state index < -0.39 is 11.2 Å². The van der Waals surface area contributed by atoms with Crippen molar-refractivity contribution in [3.8, 4) is 11.4 Å². The number of nitrogens with zero attached hydrogens (tertiary/aromatic N) is 3. The normalized spacial score (nSPS) is 12.1. The van der Waals surface area contributed by atoms with Crippen LogP contribution in [0.25, 0.3) is 22.3 Å². The quantitative estimate of drug-likeness (QED) is 0.534. The molecule has 0 saturated heterocycles. The van der Waals surface area contributed by atoms with E-state index in [1.54, 1.807) is 18.6 Å². The number of hydrogen-bond donors (Lipinski definition) is 1. The number of benzene rings is 2. The molecule has 4 rings (SSSR count). The minimum absolute atomic E-state index is 0.608. The van der Waals surface area contributed by atoms with Gasteiger partial charge in [0.15, 0.2) is 10.7 Å². The van der Waals surface area contributed by atoms with E-state index in [1.165, 1.54) is 0 Å². The lowest BCUT2D eigenvalue weighted by Crippen LogP contribution is -2.05. The van der Waals surface area contributed by atoms with Crippen molar-refractivity contribution in [1.29, 1.82) is 0 Å². The number of pyridine rings is 1. The monoisotopic (exact) mass is 374 g/mol. The molecule has 0 aliphatic rings. The van der Waals surface area contributed by atoms with Crippen LogP contribution >= 0.6 is 0 Å². The van der Waals surface area contributed by atoms with Crippen LogP contribution in [0.2, 0.25) is 0 Å². The molecule has 5 nitrogen and oxygen atoms in total. The van der Waals surface area contributed by atoms with Crippen molar-refractivity contribution >= 4 is 27.9 Å². The van der Waals surface area contributed by atoms with E-state index in [9.17, 15) is 4.55 Å². The van der Waals surface area contributed by atoms with E-state index in [4.69, 9.17) is 4.98 Å². The Balaban J connectivity index is 1.80. The van der Waals surface area contributed by atoms with Gasteiger partial charge >= 0.3 is 0 Å². The summed E-state index contributed by atoms with van der Waals surface area (Å²) in [6.07, 6.45) is 5.14. The van der Waals surface area contributed by atoms with E-state index in [0.717, 1.165) is 32.7 Å². The van der Waals surface area contributed by atoms with Gasteiger partial charge in [0.1, 0.15) is 12.1 Å². The van der Waals surface area contributed by atoms with Crippen molar-refractivity contribution in [2.24, 2.45) is 0 Å². The first-order valence-electron chi connectivity index (χ1n) is 8.54. The predicted molar refractivity (Wildman–Crippen MR) is 109 cm³/mol. The fourth-order valence-electron chi connectivity index (χ4n) is 2.83. The minimum Gasteiger partial charge on any atom is -0.612 e. The Morgan fingerprint density at radius 3 is 2.59 bits per heavy atom. The van der Waals surface area contributed by atoms with E-state index in [-0.39, 0.29) is 0 Å². The molecule has 0 spiro atoms. The highest BCUT2D eigenvalue weighted by Crippen LogP contribution is 2.27. The number of hydrogen-bond acceptors (Lipinski definition) is 5. The molecule has 1 N–H and O–H groups in total. The molecule has 0 radical (unpaired) electrons. The summed E-state index contributed by atoms with van der Waals surface area (Å²) in [5.74, 6) is 1.33. The van der Waals surface area contributed by atoms with E-state index in [2.05, 4.69) is 27.4 Å². The van der Waals surface area contributed by atoms with Crippen LogP contribution in [0.3, 0.4) is 0 Å². The maximum atomic E-state index is 11.9. The van der Waals surface area contributed by atoms with Gasteiger partial charge in [-0.1, -0.05) is 30.3 Å². The van der Waals surface area contributed by atoms with Gasteiger partial charge in [-0.2, -0.15) is 0 Å². The fraction of sp³-hybridized carbons (Fsp3) is 0.0952. The summed E-state index contributed by atoms with van der Waals surface area (Å²) in [6, 6.07) is 19.6. The summed E-state index contributed by atoms with van der Waals surface area (Å²) in [7, 11) is 0. The van der Waals surface area contributed by atoms with Crippen LogP contribution in [0, 0.1) is 0 Å². The maximum absolute atomic E-state index is 11.9. The molecule has 27 heavy (non-hydrogen) atoms. The Morgan fingerprint density at radius 2 is 1.85 bits per heavy atom.